The van der Waals surface area contributed by atoms with E-state index in [4.69, 9.17) is 14.2 Å². The van der Waals surface area contributed by atoms with E-state index in [-0.39, 0.29) is 12.1 Å². The first-order valence-corrected chi connectivity index (χ1v) is 10.2. The molecule has 10 heteroatoms. The third kappa shape index (κ3) is 4.06. The van der Waals surface area contributed by atoms with Crippen LogP contribution in [0.25, 0.3) is 0 Å². The molecule has 28 heavy (non-hydrogen) atoms. The fraction of sp³-hybridized carbons (Fsp3) is 0.444. The first-order valence-electron chi connectivity index (χ1n) is 8.37. The molecule has 1 heterocycles. The number of anilines is 1. The van der Waals surface area contributed by atoms with Crippen LogP contribution in [0, 0.1) is 13.8 Å². The number of carbonyl (C=O) groups is 1. The molecule has 2 rings (SSSR count). The molecule has 1 aromatic carbocycles. The fourth-order valence-corrected chi connectivity index (χ4v) is 4.05. The van der Waals surface area contributed by atoms with Crippen molar-refractivity contribution in [3.05, 3.63) is 29.1 Å². The van der Waals surface area contributed by atoms with Gasteiger partial charge in [-0.15, -0.1) is 0 Å². The average molecular weight is 411 g/mol. The van der Waals surface area contributed by atoms with Gasteiger partial charge in [0.1, 0.15) is 5.69 Å². The maximum atomic E-state index is 13.0. The third-order valence-corrected chi connectivity index (χ3v) is 5.36. The standard InChI is InChI=1S/C18H25N3O6S/c1-11-17(12(2)20(3)19-11)21(28(7,23)24)16(22)10-13-8-14(25-4)18(27-6)15(9-13)26-5/h8-9H,10H2,1-7H3. The Hall–Kier alpha value is -2.75. The van der Waals surface area contributed by atoms with Gasteiger partial charge in [-0.2, -0.15) is 5.10 Å². The molecule has 2 aromatic rings. The predicted molar refractivity (Wildman–Crippen MR) is 105 cm³/mol. The zero-order chi connectivity index (χ0) is 21.2. The summed E-state index contributed by atoms with van der Waals surface area (Å²) in [6.07, 6.45) is 0.809. The van der Waals surface area contributed by atoms with E-state index in [2.05, 4.69) is 5.10 Å². The summed E-state index contributed by atoms with van der Waals surface area (Å²) in [5, 5.41) is 4.21. The van der Waals surface area contributed by atoms with Crippen molar-refractivity contribution in [3.63, 3.8) is 0 Å². The molecule has 0 aliphatic carbocycles. The minimum absolute atomic E-state index is 0.183. The molecule has 0 unspecified atom stereocenters. The van der Waals surface area contributed by atoms with Crippen molar-refractivity contribution in [1.82, 2.24) is 9.78 Å². The third-order valence-electron chi connectivity index (χ3n) is 4.31. The lowest BCUT2D eigenvalue weighted by Gasteiger charge is -2.21. The van der Waals surface area contributed by atoms with E-state index < -0.39 is 15.9 Å². The van der Waals surface area contributed by atoms with Crippen molar-refractivity contribution in [2.24, 2.45) is 7.05 Å². The summed E-state index contributed by atoms with van der Waals surface area (Å²) in [6, 6.07) is 3.23. The highest BCUT2D eigenvalue weighted by Gasteiger charge is 2.31. The number of ether oxygens (including phenoxy) is 3. The molecule has 154 valence electrons. The first kappa shape index (κ1) is 21.5. The van der Waals surface area contributed by atoms with Crippen molar-refractivity contribution in [2.45, 2.75) is 20.3 Å². The van der Waals surface area contributed by atoms with Gasteiger partial charge >= 0.3 is 0 Å². The Labute approximate surface area is 164 Å². The van der Waals surface area contributed by atoms with Gasteiger partial charge in [-0.3, -0.25) is 9.48 Å². The number of nitrogens with zero attached hydrogens (tertiary/aromatic N) is 3. The normalized spacial score (nSPS) is 11.2. The van der Waals surface area contributed by atoms with E-state index in [9.17, 15) is 13.2 Å². The minimum Gasteiger partial charge on any atom is -0.493 e. The van der Waals surface area contributed by atoms with Crippen LogP contribution in [0.5, 0.6) is 17.2 Å². The number of carbonyl (C=O) groups excluding carboxylic acids is 1. The Balaban J connectivity index is 2.51. The van der Waals surface area contributed by atoms with E-state index in [1.54, 1.807) is 33.0 Å². The number of hydrogen-bond acceptors (Lipinski definition) is 7. The van der Waals surface area contributed by atoms with Crippen molar-refractivity contribution in [3.8, 4) is 17.2 Å². The molecule has 0 aliphatic rings. The second kappa shape index (κ2) is 8.09. The molecule has 0 atom stereocenters. The lowest BCUT2D eigenvalue weighted by Crippen LogP contribution is -2.38. The van der Waals surface area contributed by atoms with Gasteiger partial charge in [-0.1, -0.05) is 0 Å². The van der Waals surface area contributed by atoms with E-state index in [1.165, 1.54) is 26.0 Å². The SMILES string of the molecule is COc1cc(CC(=O)N(c2c(C)nn(C)c2C)S(C)(=O)=O)cc(OC)c1OC. The molecule has 0 saturated heterocycles. The monoisotopic (exact) mass is 411 g/mol. The highest BCUT2D eigenvalue weighted by atomic mass is 32.2. The van der Waals surface area contributed by atoms with Crippen LogP contribution in [0.2, 0.25) is 0 Å². The second-order valence-electron chi connectivity index (χ2n) is 6.27. The summed E-state index contributed by atoms with van der Waals surface area (Å²) < 4.78 is 43.0. The van der Waals surface area contributed by atoms with Gasteiger partial charge in [0.2, 0.25) is 21.7 Å². The van der Waals surface area contributed by atoms with Crippen LogP contribution in [0.4, 0.5) is 5.69 Å². The van der Waals surface area contributed by atoms with Crippen LogP contribution in [-0.4, -0.2) is 51.7 Å². The summed E-state index contributed by atoms with van der Waals surface area (Å²) in [4.78, 5) is 13.0. The molecule has 0 fully saturated rings. The molecular formula is C18H25N3O6S. The van der Waals surface area contributed by atoms with Gasteiger partial charge in [0.25, 0.3) is 0 Å². The van der Waals surface area contributed by atoms with Crippen LogP contribution >= 0.6 is 0 Å². The minimum atomic E-state index is -3.87. The van der Waals surface area contributed by atoms with Gasteiger partial charge < -0.3 is 14.2 Å². The van der Waals surface area contributed by atoms with Crippen LogP contribution in [0.3, 0.4) is 0 Å². The number of aryl methyl sites for hydroxylation is 2. The fourth-order valence-electron chi connectivity index (χ4n) is 3.02. The number of sulfonamides is 1. The molecular weight excluding hydrogens is 386 g/mol. The zero-order valence-electron chi connectivity index (χ0n) is 17.1. The lowest BCUT2D eigenvalue weighted by atomic mass is 10.1. The van der Waals surface area contributed by atoms with E-state index in [0.29, 0.717) is 34.2 Å². The molecule has 0 N–H and O–H groups in total. The Morgan fingerprint density at radius 3 is 2.00 bits per heavy atom. The van der Waals surface area contributed by atoms with Gasteiger partial charge in [-0.25, -0.2) is 12.7 Å². The first-order chi connectivity index (χ1) is 13.0. The van der Waals surface area contributed by atoms with Crippen LogP contribution in [-0.2, 0) is 28.3 Å². The number of rotatable bonds is 7. The number of hydrogen-bond donors (Lipinski definition) is 0. The van der Waals surface area contributed by atoms with Crippen molar-refractivity contribution in [2.75, 3.05) is 31.9 Å². The van der Waals surface area contributed by atoms with Gasteiger partial charge in [0.05, 0.1) is 45.4 Å². The van der Waals surface area contributed by atoms with Crippen LogP contribution in [0.1, 0.15) is 17.0 Å². The van der Waals surface area contributed by atoms with Crippen molar-refractivity contribution >= 4 is 21.6 Å². The molecule has 9 nitrogen and oxygen atoms in total. The van der Waals surface area contributed by atoms with Crippen molar-refractivity contribution in [1.29, 1.82) is 0 Å². The molecule has 1 aromatic heterocycles. The quantitative estimate of drug-likeness (QED) is 0.682. The Bertz CT molecular complexity index is 972. The number of aromatic nitrogens is 2. The maximum Gasteiger partial charge on any atom is 0.245 e. The van der Waals surface area contributed by atoms with Crippen molar-refractivity contribution < 1.29 is 27.4 Å². The zero-order valence-corrected chi connectivity index (χ0v) is 17.9. The van der Waals surface area contributed by atoms with E-state index in [0.717, 1.165) is 10.6 Å². The number of methoxy groups -OCH3 is 3. The van der Waals surface area contributed by atoms with Gasteiger partial charge in [-0.05, 0) is 31.5 Å². The Morgan fingerprint density at radius 1 is 1.11 bits per heavy atom. The summed E-state index contributed by atoms with van der Waals surface area (Å²) in [5.41, 5.74) is 1.81. The molecule has 0 bridgehead atoms. The molecule has 0 radical (unpaired) electrons. The van der Waals surface area contributed by atoms with E-state index >= 15 is 0 Å². The molecule has 0 spiro atoms. The largest absolute Gasteiger partial charge is 0.493 e. The Morgan fingerprint density at radius 2 is 1.64 bits per heavy atom. The summed E-state index contributed by atoms with van der Waals surface area (Å²) in [6.45, 7) is 3.37. The topological polar surface area (TPSA) is 100.0 Å². The van der Waals surface area contributed by atoms with Crippen LogP contribution in [0.15, 0.2) is 12.1 Å². The van der Waals surface area contributed by atoms with Crippen LogP contribution < -0.4 is 18.5 Å². The molecule has 0 aliphatic heterocycles. The summed E-state index contributed by atoms with van der Waals surface area (Å²) >= 11 is 0. The Kier molecular flexibility index (Phi) is 6.23. The maximum absolute atomic E-state index is 13.0. The average Bonchev–Trinajstić information content (AvgIpc) is 2.86. The summed E-state index contributed by atoms with van der Waals surface area (Å²) in [5.74, 6) is 0.532. The molecule has 1 amide bonds. The summed E-state index contributed by atoms with van der Waals surface area (Å²) in [7, 11) is 2.23. The highest BCUT2D eigenvalue weighted by Crippen LogP contribution is 2.38. The predicted octanol–water partition coefficient (Wildman–Crippen LogP) is 1.60. The highest BCUT2D eigenvalue weighted by molar-refractivity contribution is 7.92. The van der Waals surface area contributed by atoms with E-state index in [1.807, 2.05) is 0 Å². The number of amides is 1. The second-order valence-corrected chi connectivity index (χ2v) is 8.11. The van der Waals surface area contributed by atoms with Gasteiger partial charge in [0, 0.05) is 7.05 Å². The number of benzene rings is 1. The van der Waals surface area contributed by atoms with Gasteiger partial charge in [0.15, 0.2) is 11.5 Å². The smallest absolute Gasteiger partial charge is 0.245 e. The lowest BCUT2D eigenvalue weighted by molar-refractivity contribution is -0.116. The molecule has 0 saturated carbocycles.